The van der Waals surface area contributed by atoms with E-state index in [1.807, 2.05) is 0 Å². The molecule has 0 atom stereocenters. The lowest BCUT2D eigenvalue weighted by molar-refractivity contribution is 0.185. The van der Waals surface area contributed by atoms with Crippen molar-refractivity contribution in [3.8, 4) is 5.88 Å². The molecule has 0 saturated carbocycles. The van der Waals surface area contributed by atoms with Crippen molar-refractivity contribution in [1.82, 2.24) is 25.3 Å². The Morgan fingerprint density at radius 2 is 1.76 bits per heavy atom. The van der Waals surface area contributed by atoms with Crippen LogP contribution in [0.25, 0.3) is 11.2 Å². The van der Waals surface area contributed by atoms with Crippen LogP contribution in [0.4, 0.5) is 16.2 Å². The highest BCUT2D eigenvalue weighted by molar-refractivity contribution is 6.31. The first-order valence-corrected chi connectivity index (χ1v) is 8.79. The van der Waals surface area contributed by atoms with Crippen molar-refractivity contribution in [2.75, 3.05) is 55.9 Å². The summed E-state index contributed by atoms with van der Waals surface area (Å²) in [5, 5.41) is 3.33. The van der Waals surface area contributed by atoms with E-state index >= 15 is 0 Å². The molecular formula is C15H19ClFN7O. The number of fused-ring (bicyclic) bond motifs is 1. The van der Waals surface area contributed by atoms with Crippen LogP contribution < -0.4 is 19.9 Å². The number of halogens is 2. The molecule has 1 N–H and O–H groups in total. The summed E-state index contributed by atoms with van der Waals surface area (Å²) in [5.74, 6) is 1.30. The number of nitrogens with one attached hydrogen (secondary N) is 1. The molecule has 2 aliphatic heterocycles. The third kappa shape index (κ3) is 3.25. The van der Waals surface area contributed by atoms with Crippen LogP contribution in [0, 0.1) is 0 Å². The van der Waals surface area contributed by atoms with Crippen LogP contribution in [-0.2, 0) is 0 Å². The van der Waals surface area contributed by atoms with Gasteiger partial charge in [-0.3, -0.25) is 0 Å². The van der Waals surface area contributed by atoms with Gasteiger partial charge in [0.1, 0.15) is 0 Å². The maximum absolute atomic E-state index is 12.5. The molecule has 0 aliphatic carbocycles. The van der Waals surface area contributed by atoms with E-state index < -0.39 is 6.86 Å². The summed E-state index contributed by atoms with van der Waals surface area (Å²) in [5.41, 5.74) is 0.898. The van der Waals surface area contributed by atoms with Crippen molar-refractivity contribution >= 4 is 34.5 Å². The topological polar surface area (TPSA) is 79.3 Å². The first-order valence-electron chi connectivity index (χ1n) is 8.41. The molecule has 4 rings (SSSR count). The predicted molar refractivity (Wildman–Crippen MR) is 93.3 cm³/mol. The molecule has 2 saturated heterocycles. The van der Waals surface area contributed by atoms with Crippen LogP contribution >= 0.6 is 11.6 Å². The van der Waals surface area contributed by atoms with Gasteiger partial charge >= 0.3 is 0 Å². The fourth-order valence-corrected chi connectivity index (χ4v) is 3.37. The predicted octanol–water partition coefficient (Wildman–Crippen LogP) is 1.39. The molecular weight excluding hydrogens is 349 g/mol. The molecule has 0 spiro atoms. The highest BCUT2D eigenvalue weighted by atomic mass is 35.5. The molecule has 2 aliphatic rings. The van der Waals surface area contributed by atoms with Crippen molar-refractivity contribution in [3.05, 3.63) is 5.15 Å². The number of ether oxygens (including phenoxy) is 1. The second-order valence-corrected chi connectivity index (χ2v) is 6.38. The van der Waals surface area contributed by atoms with Crippen molar-refractivity contribution in [2.45, 2.75) is 12.8 Å². The summed E-state index contributed by atoms with van der Waals surface area (Å²) in [7, 11) is 0. The molecule has 2 aromatic heterocycles. The highest BCUT2D eigenvalue weighted by Crippen LogP contribution is 2.31. The monoisotopic (exact) mass is 367 g/mol. The van der Waals surface area contributed by atoms with Gasteiger partial charge in [-0.25, -0.2) is 9.37 Å². The average Bonchev–Trinajstić information content (AvgIpc) is 3.17. The Hall–Kier alpha value is -2.00. The number of piperazine rings is 1. The van der Waals surface area contributed by atoms with Gasteiger partial charge in [-0.1, -0.05) is 11.6 Å². The molecule has 134 valence electrons. The maximum Gasteiger partial charge on any atom is 0.256 e. The minimum atomic E-state index is -1.02. The SMILES string of the molecule is FCOc1nc2nc(N3CCNCC3)nc(N3CCCC3)c2nc1Cl. The summed E-state index contributed by atoms with van der Waals surface area (Å²) < 4.78 is 17.4. The number of alkyl halides is 1. The zero-order valence-corrected chi connectivity index (χ0v) is 14.5. The lowest BCUT2D eigenvalue weighted by atomic mass is 10.3. The Balaban J connectivity index is 1.84. The summed E-state index contributed by atoms with van der Waals surface area (Å²) in [6.07, 6.45) is 2.22. The zero-order chi connectivity index (χ0) is 17.2. The van der Waals surface area contributed by atoms with Gasteiger partial charge in [-0.05, 0) is 12.8 Å². The third-order valence-corrected chi connectivity index (χ3v) is 4.67. The van der Waals surface area contributed by atoms with Gasteiger partial charge in [0.15, 0.2) is 22.1 Å². The van der Waals surface area contributed by atoms with Crippen LogP contribution in [0.5, 0.6) is 5.88 Å². The van der Waals surface area contributed by atoms with Crippen molar-refractivity contribution in [2.24, 2.45) is 0 Å². The molecule has 25 heavy (non-hydrogen) atoms. The maximum atomic E-state index is 12.5. The molecule has 10 heteroatoms. The largest absolute Gasteiger partial charge is 0.443 e. The first kappa shape index (κ1) is 16.5. The van der Waals surface area contributed by atoms with E-state index in [0.717, 1.165) is 57.9 Å². The van der Waals surface area contributed by atoms with Crippen LogP contribution in [-0.4, -0.2) is 66.1 Å². The molecule has 2 aromatic rings. The number of rotatable bonds is 4. The van der Waals surface area contributed by atoms with Gasteiger partial charge in [0.25, 0.3) is 5.88 Å². The van der Waals surface area contributed by atoms with Crippen molar-refractivity contribution in [1.29, 1.82) is 0 Å². The van der Waals surface area contributed by atoms with Gasteiger partial charge < -0.3 is 19.9 Å². The van der Waals surface area contributed by atoms with Gasteiger partial charge in [0.2, 0.25) is 12.8 Å². The van der Waals surface area contributed by atoms with Gasteiger partial charge in [0, 0.05) is 39.3 Å². The van der Waals surface area contributed by atoms with E-state index in [4.69, 9.17) is 21.3 Å². The number of hydrogen-bond donors (Lipinski definition) is 1. The van der Waals surface area contributed by atoms with Crippen LogP contribution in [0.2, 0.25) is 5.15 Å². The standard InChI is InChI=1S/C15H19ClFN7O/c16-11-14(25-9-17)20-12-10(19-11)13(23-5-1-2-6-23)22-15(21-12)24-7-3-18-4-8-24/h18H,1-9H2. The highest BCUT2D eigenvalue weighted by Gasteiger charge is 2.24. The number of anilines is 2. The summed E-state index contributed by atoms with van der Waals surface area (Å²) >= 11 is 6.09. The molecule has 8 nitrogen and oxygen atoms in total. The molecule has 0 radical (unpaired) electrons. The van der Waals surface area contributed by atoms with Crippen LogP contribution in [0.3, 0.4) is 0 Å². The van der Waals surface area contributed by atoms with Gasteiger partial charge in [0.05, 0.1) is 0 Å². The Morgan fingerprint density at radius 3 is 2.48 bits per heavy atom. The Kier molecular flexibility index (Phi) is 4.67. The van der Waals surface area contributed by atoms with E-state index in [0.29, 0.717) is 17.1 Å². The third-order valence-electron chi connectivity index (χ3n) is 4.43. The summed E-state index contributed by atoms with van der Waals surface area (Å²) in [6.45, 7) is 4.20. The average molecular weight is 368 g/mol. The zero-order valence-electron chi connectivity index (χ0n) is 13.7. The minimum absolute atomic E-state index is 0.0177. The molecule has 2 fully saturated rings. The number of hydrogen-bond acceptors (Lipinski definition) is 8. The Labute approximate surface area is 149 Å². The van der Waals surface area contributed by atoms with E-state index in [2.05, 4.69) is 30.1 Å². The lowest BCUT2D eigenvalue weighted by Gasteiger charge is -2.28. The smallest absolute Gasteiger partial charge is 0.256 e. The Bertz CT molecular complexity index is 765. The van der Waals surface area contributed by atoms with E-state index in [1.165, 1.54) is 0 Å². The van der Waals surface area contributed by atoms with Crippen molar-refractivity contribution < 1.29 is 9.13 Å². The summed E-state index contributed by atoms with van der Waals surface area (Å²) in [4.78, 5) is 22.2. The van der Waals surface area contributed by atoms with E-state index in [1.54, 1.807) is 0 Å². The molecule has 0 amide bonds. The minimum Gasteiger partial charge on any atom is -0.443 e. The fourth-order valence-electron chi connectivity index (χ4n) is 3.19. The summed E-state index contributed by atoms with van der Waals surface area (Å²) in [6, 6.07) is 0. The van der Waals surface area contributed by atoms with Crippen LogP contribution in [0.1, 0.15) is 12.8 Å². The number of nitrogens with zero attached hydrogens (tertiary/aromatic N) is 6. The fraction of sp³-hybridized carbons (Fsp3) is 0.600. The lowest BCUT2D eigenvalue weighted by Crippen LogP contribution is -2.44. The van der Waals surface area contributed by atoms with E-state index in [9.17, 15) is 4.39 Å². The van der Waals surface area contributed by atoms with Crippen molar-refractivity contribution in [3.63, 3.8) is 0 Å². The molecule has 0 bridgehead atoms. The number of aromatic nitrogens is 4. The second-order valence-electron chi connectivity index (χ2n) is 6.02. The van der Waals surface area contributed by atoms with Gasteiger partial charge in [-0.2, -0.15) is 15.0 Å². The van der Waals surface area contributed by atoms with E-state index in [-0.39, 0.29) is 11.0 Å². The molecule has 4 heterocycles. The quantitative estimate of drug-likeness (QED) is 0.868. The van der Waals surface area contributed by atoms with Gasteiger partial charge in [-0.15, -0.1) is 0 Å². The molecule has 0 aromatic carbocycles. The molecule has 0 unspecified atom stereocenters. The second kappa shape index (κ2) is 7.09. The first-order chi connectivity index (χ1) is 12.3. The normalized spacial score (nSPS) is 18.2. The van der Waals surface area contributed by atoms with Crippen LogP contribution in [0.15, 0.2) is 0 Å². The Morgan fingerprint density at radius 1 is 1.00 bits per heavy atom.